The maximum atomic E-state index is 5.82. The Morgan fingerprint density at radius 3 is 3.23 bits per heavy atom. The minimum atomic E-state index is 0.109. The number of rotatable bonds is 2. The lowest BCUT2D eigenvalue weighted by molar-refractivity contribution is 0.0536. The summed E-state index contributed by atoms with van der Waals surface area (Å²) < 4.78 is 5.42. The second kappa shape index (κ2) is 3.54. The topological polar surface area (TPSA) is 30.5 Å². The first-order valence-electron chi connectivity index (χ1n) is 4.02. The lowest BCUT2D eigenvalue weighted by Crippen LogP contribution is -2.20. The standard InChI is InChI=1S/C9H10ClNO2/c1-12-11-8-5-13-9-4-6(10)2-3-7(8)9/h2-4,8,11H,5H2,1H3. The van der Waals surface area contributed by atoms with Crippen molar-refractivity contribution >= 4 is 11.6 Å². The van der Waals surface area contributed by atoms with Gasteiger partial charge in [0.05, 0.1) is 13.2 Å². The van der Waals surface area contributed by atoms with Crippen LogP contribution in [-0.4, -0.2) is 13.7 Å². The molecule has 0 radical (unpaired) electrons. The fourth-order valence-corrected chi connectivity index (χ4v) is 1.59. The second-order valence-corrected chi connectivity index (χ2v) is 3.30. The predicted octanol–water partition coefficient (Wildman–Crippen LogP) is 1.92. The fourth-order valence-electron chi connectivity index (χ4n) is 1.42. The van der Waals surface area contributed by atoms with Crippen molar-refractivity contribution in [3.63, 3.8) is 0 Å². The smallest absolute Gasteiger partial charge is 0.125 e. The van der Waals surface area contributed by atoms with E-state index in [1.54, 1.807) is 7.11 Å². The zero-order valence-electron chi connectivity index (χ0n) is 7.21. The van der Waals surface area contributed by atoms with Crippen molar-refractivity contribution in [1.29, 1.82) is 0 Å². The molecule has 0 amide bonds. The minimum Gasteiger partial charge on any atom is -0.491 e. The molecule has 1 aliphatic rings. The van der Waals surface area contributed by atoms with Crippen LogP contribution in [-0.2, 0) is 4.84 Å². The normalized spacial score (nSPS) is 19.7. The van der Waals surface area contributed by atoms with Gasteiger partial charge in [-0.25, -0.2) is 0 Å². The van der Waals surface area contributed by atoms with Crippen LogP contribution in [0.5, 0.6) is 5.75 Å². The van der Waals surface area contributed by atoms with Crippen LogP contribution in [0, 0.1) is 0 Å². The molecule has 0 aromatic heterocycles. The molecule has 3 nitrogen and oxygen atoms in total. The third-order valence-electron chi connectivity index (χ3n) is 2.02. The number of hydrogen-bond acceptors (Lipinski definition) is 3. The molecule has 4 heteroatoms. The Morgan fingerprint density at radius 1 is 1.62 bits per heavy atom. The van der Waals surface area contributed by atoms with Gasteiger partial charge in [0.2, 0.25) is 0 Å². The van der Waals surface area contributed by atoms with E-state index in [1.807, 2.05) is 18.2 Å². The molecule has 0 bridgehead atoms. The van der Waals surface area contributed by atoms with Crippen molar-refractivity contribution in [2.75, 3.05) is 13.7 Å². The Morgan fingerprint density at radius 2 is 2.46 bits per heavy atom. The molecule has 0 saturated heterocycles. The highest BCUT2D eigenvalue weighted by Crippen LogP contribution is 2.34. The number of halogens is 1. The fraction of sp³-hybridized carbons (Fsp3) is 0.333. The first-order chi connectivity index (χ1) is 6.31. The van der Waals surface area contributed by atoms with Crippen LogP contribution >= 0.6 is 11.6 Å². The van der Waals surface area contributed by atoms with Gasteiger partial charge >= 0.3 is 0 Å². The molecule has 1 aliphatic heterocycles. The van der Waals surface area contributed by atoms with Crippen molar-refractivity contribution in [1.82, 2.24) is 5.48 Å². The summed E-state index contributed by atoms with van der Waals surface area (Å²) in [4.78, 5) is 4.85. The Labute approximate surface area is 81.6 Å². The molecule has 1 N–H and O–H groups in total. The van der Waals surface area contributed by atoms with Gasteiger partial charge in [-0.1, -0.05) is 17.7 Å². The van der Waals surface area contributed by atoms with Crippen molar-refractivity contribution in [2.24, 2.45) is 0 Å². The largest absolute Gasteiger partial charge is 0.491 e. The summed E-state index contributed by atoms with van der Waals surface area (Å²) in [6.45, 7) is 0.587. The van der Waals surface area contributed by atoms with Gasteiger partial charge in [-0.3, -0.25) is 0 Å². The van der Waals surface area contributed by atoms with E-state index in [0.29, 0.717) is 11.6 Å². The first-order valence-corrected chi connectivity index (χ1v) is 4.40. The number of hydrogen-bond donors (Lipinski definition) is 1. The van der Waals surface area contributed by atoms with Crippen LogP contribution in [0.25, 0.3) is 0 Å². The molecular formula is C9H10ClNO2. The van der Waals surface area contributed by atoms with Crippen molar-refractivity contribution in [2.45, 2.75) is 6.04 Å². The minimum absolute atomic E-state index is 0.109. The molecule has 0 saturated carbocycles. The van der Waals surface area contributed by atoms with E-state index in [1.165, 1.54) is 0 Å². The van der Waals surface area contributed by atoms with Gasteiger partial charge in [0, 0.05) is 10.6 Å². The summed E-state index contributed by atoms with van der Waals surface area (Å²) in [5, 5.41) is 0.691. The Balaban J connectivity index is 2.27. The van der Waals surface area contributed by atoms with E-state index < -0.39 is 0 Å². The molecule has 13 heavy (non-hydrogen) atoms. The van der Waals surface area contributed by atoms with E-state index in [-0.39, 0.29) is 6.04 Å². The summed E-state index contributed by atoms with van der Waals surface area (Å²) in [5.41, 5.74) is 3.94. The summed E-state index contributed by atoms with van der Waals surface area (Å²) in [6, 6.07) is 5.71. The molecule has 1 heterocycles. The SMILES string of the molecule is CONC1COc2cc(Cl)ccc21. The zero-order chi connectivity index (χ0) is 9.26. The number of ether oxygens (including phenoxy) is 1. The first kappa shape index (κ1) is 8.81. The molecule has 1 unspecified atom stereocenters. The van der Waals surface area contributed by atoms with Gasteiger partial charge in [0.25, 0.3) is 0 Å². The summed E-state index contributed by atoms with van der Waals surface area (Å²) in [5.74, 6) is 0.835. The third-order valence-corrected chi connectivity index (χ3v) is 2.25. The van der Waals surface area contributed by atoms with Gasteiger partial charge < -0.3 is 9.57 Å². The number of fused-ring (bicyclic) bond motifs is 1. The van der Waals surface area contributed by atoms with Gasteiger partial charge in [-0.2, -0.15) is 5.48 Å². The highest BCUT2D eigenvalue weighted by Gasteiger charge is 2.23. The van der Waals surface area contributed by atoms with Crippen molar-refractivity contribution < 1.29 is 9.57 Å². The maximum absolute atomic E-state index is 5.82. The van der Waals surface area contributed by atoms with Crippen LogP contribution in [0.15, 0.2) is 18.2 Å². The van der Waals surface area contributed by atoms with E-state index in [4.69, 9.17) is 21.2 Å². The Hall–Kier alpha value is -0.770. The van der Waals surface area contributed by atoms with Crippen LogP contribution in [0.2, 0.25) is 5.02 Å². The maximum Gasteiger partial charge on any atom is 0.125 e. The predicted molar refractivity (Wildman–Crippen MR) is 49.8 cm³/mol. The quantitative estimate of drug-likeness (QED) is 0.739. The van der Waals surface area contributed by atoms with Crippen LogP contribution < -0.4 is 10.2 Å². The zero-order valence-corrected chi connectivity index (χ0v) is 7.97. The average molecular weight is 200 g/mol. The van der Waals surface area contributed by atoms with Gasteiger partial charge in [0.15, 0.2) is 0 Å². The molecule has 0 fully saturated rings. The molecule has 70 valence electrons. The van der Waals surface area contributed by atoms with E-state index in [9.17, 15) is 0 Å². The Kier molecular flexibility index (Phi) is 2.40. The van der Waals surface area contributed by atoms with Crippen LogP contribution in [0.4, 0.5) is 0 Å². The summed E-state index contributed by atoms with van der Waals surface area (Å²) >= 11 is 5.82. The lowest BCUT2D eigenvalue weighted by Gasteiger charge is -2.07. The van der Waals surface area contributed by atoms with E-state index >= 15 is 0 Å². The van der Waals surface area contributed by atoms with Gasteiger partial charge in [-0.15, -0.1) is 0 Å². The lowest BCUT2D eigenvalue weighted by atomic mass is 10.1. The highest BCUT2D eigenvalue weighted by molar-refractivity contribution is 6.30. The molecule has 0 spiro atoms. The van der Waals surface area contributed by atoms with E-state index in [0.717, 1.165) is 11.3 Å². The van der Waals surface area contributed by atoms with E-state index in [2.05, 4.69) is 5.48 Å². The molecular weight excluding hydrogens is 190 g/mol. The van der Waals surface area contributed by atoms with Crippen molar-refractivity contribution in [3.05, 3.63) is 28.8 Å². The molecule has 1 aromatic carbocycles. The molecule has 1 atom stereocenters. The highest BCUT2D eigenvalue weighted by atomic mass is 35.5. The Bertz CT molecular complexity index is 316. The number of benzene rings is 1. The van der Waals surface area contributed by atoms with Gasteiger partial charge in [-0.05, 0) is 12.1 Å². The summed E-state index contributed by atoms with van der Waals surface area (Å²) in [7, 11) is 1.59. The van der Waals surface area contributed by atoms with Gasteiger partial charge in [0.1, 0.15) is 12.4 Å². The summed E-state index contributed by atoms with van der Waals surface area (Å²) in [6.07, 6.45) is 0. The molecule has 0 aliphatic carbocycles. The number of hydroxylamine groups is 1. The molecule has 2 rings (SSSR count). The molecule has 1 aromatic rings. The van der Waals surface area contributed by atoms with Crippen molar-refractivity contribution in [3.8, 4) is 5.75 Å². The number of nitrogens with one attached hydrogen (secondary N) is 1. The van der Waals surface area contributed by atoms with Crippen LogP contribution in [0.1, 0.15) is 11.6 Å². The van der Waals surface area contributed by atoms with Crippen LogP contribution in [0.3, 0.4) is 0 Å². The average Bonchev–Trinajstić information content (AvgIpc) is 2.49. The second-order valence-electron chi connectivity index (χ2n) is 2.87. The monoisotopic (exact) mass is 199 g/mol. The third kappa shape index (κ3) is 1.63.